The van der Waals surface area contributed by atoms with E-state index in [0.717, 1.165) is 0 Å². The number of aldehydes is 1. The Hall–Kier alpha value is -4.12. The van der Waals surface area contributed by atoms with Crippen LogP contribution in [0.25, 0.3) is 0 Å². The lowest BCUT2D eigenvalue weighted by Crippen LogP contribution is -2.50. The predicted molar refractivity (Wildman–Crippen MR) is 108 cm³/mol. The molecule has 2 aromatic carbocycles. The summed E-state index contributed by atoms with van der Waals surface area (Å²) >= 11 is 0. The number of ether oxygens (including phenoxy) is 1. The molecule has 1 aliphatic rings. The average molecular weight is 426 g/mol. The van der Waals surface area contributed by atoms with E-state index in [4.69, 9.17) is 4.74 Å². The summed E-state index contributed by atoms with van der Waals surface area (Å²) in [6, 6.07) is 9.04. The van der Waals surface area contributed by atoms with Gasteiger partial charge in [0.25, 0.3) is 5.69 Å². The van der Waals surface area contributed by atoms with Gasteiger partial charge in [0, 0.05) is 41.9 Å². The molecule has 3 rings (SSSR count). The van der Waals surface area contributed by atoms with Crippen LogP contribution in [0.2, 0.25) is 0 Å². The third-order valence-electron chi connectivity index (χ3n) is 4.60. The molecule has 0 spiro atoms. The minimum atomic E-state index is -0.862. The highest BCUT2D eigenvalue weighted by molar-refractivity contribution is 6.00. The number of rotatable bonds is 7. The van der Waals surface area contributed by atoms with E-state index < -0.39 is 23.0 Å². The molecule has 0 bridgehead atoms. The number of nitro groups is 1. The summed E-state index contributed by atoms with van der Waals surface area (Å²) < 4.78 is 5.12. The maximum absolute atomic E-state index is 12.3. The van der Waals surface area contributed by atoms with Gasteiger partial charge in [0.1, 0.15) is 12.0 Å². The number of piperidine rings is 1. The minimum Gasteiger partial charge on any atom is -0.410 e. The van der Waals surface area contributed by atoms with Crippen molar-refractivity contribution in [2.24, 2.45) is 0 Å². The van der Waals surface area contributed by atoms with E-state index in [-0.39, 0.29) is 36.0 Å². The van der Waals surface area contributed by atoms with Gasteiger partial charge in [0.2, 0.25) is 11.8 Å². The molecule has 0 aromatic heterocycles. The molecule has 1 fully saturated rings. The highest BCUT2D eigenvalue weighted by Crippen LogP contribution is 2.22. The van der Waals surface area contributed by atoms with E-state index in [1.54, 1.807) is 18.2 Å². The van der Waals surface area contributed by atoms with E-state index in [0.29, 0.717) is 23.8 Å². The summed E-state index contributed by atoms with van der Waals surface area (Å²) in [5.74, 6) is -0.697. The van der Waals surface area contributed by atoms with E-state index >= 15 is 0 Å². The van der Waals surface area contributed by atoms with Gasteiger partial charge in [-0.1, -0.05) is 12.1 Å². The fourth-order valence-corrected chi connectivity index (χ4v) is 3.02. The van der Waals surface area contributed by atoms with Gasteiger partial charge in [-0.3, -0.25) is 35.1 Å². The number of anilines is 1. The lowest BCUT2D eigenvalue weighted by molar-refractivity contribution is -0.384. The van der Waals surface area contributed by atoms with Crippen LogP contribution in [-0.2, 0) is 16.1 Å². The molecular weight excluding hydrogens is 408 g/mol. The maximum atomic E-state index is 12.3. The molecule has 0 aliphatic carbocycles. The second-order valence-electron chi connectivity index (χ2n) is 6.64. The Bertz CT molecular complexity index is 1040. The number of hydrogen-bond donors (Lipinski definition) is 3. The number of benzene rings is 2. The van der Waals surface area contributed by atoms with Crippen LogP contribution in [-0.4, -0.2) is 35.2 Å². The van der Waals surface area contributed by atoms with Gasteiger partial charge < -0.3 is 10.1 Å². The number of nitro benzene ring substituents is 1. The van der Waals surface area contributed by atoms with E-state index in [1.807, 2.05) is 0 Å². The Morgan fingerprint density at radius 3 is 2.61 bits per heavy atom. The van der Waals surface area contributed by atoms with Crippen molar-refractivity contribution in [1.29, 1.82) is 0 Å². The lowest BCUT2D eigenvalue weighted by atomic mass is 10.0. The van der Waals surface area contributed by atoms with Crippen LogP contribution in [0.15, 0.2) is 42.5 Å². The first-order chi connectivity index (χ1) is 14.9. The van der Waals surface area contributed by atoms with Crippen LogP contribution < -0.4 is 20.7 Å². The van der Waals surface area contributed by atoms with Crippen LogP contribution in [0.3, 0.4) is 0 Å². The fourth-order valence-electron chi connectivity index (χ4n) is 3.02. The third kappa shape index (κ3) is 5.48. The number of carbonyl (C=O) groups excluding carboxylic acids is 4. The van der Waals surface area contributed by atoms with Gasteiger partial charge in [-0.25, -0.2) is 4.79 Å². The zero-order valence-electron chi connectivity index (χ0n) is 16.1. The standard InChI is InChI=1S/C20H18N4O7/c25-11-12-2-1-3-16(15(12)10-21-17-8-9-18(26)23-19(17)27)22-20(28)31-14-6-4-13(5-7-14)24(29)30/h1-7,11,17,21H,8-10H2,(H,22,28)(H,23,26,27). The first-order valence-corrected chi connectivity index (χ1v) is 9.25. The van der Waals surface area contributed by atoms with Gasteiger partial charge in [-0.15, -0.1) is 0 Å². The molecular formula is C20H18N4O7. The van der Waals surface area contributed by atoms with Gasteiger partial charge >= 0.3 is 6.09 Å². The first kappa shape index (κ1) is 21.6. The zero-order valence-corrected chi connectivity index (χ0v) is 16.1. The molecule has 160 valence electrons. The van der Waals surface area contributed by atoms with Crippen molar-refractivity contribution >= 4 is 35.6 Å². The molecule has 0 saturated carbocycles. The summed E-state index contributed by atoms with van der Waals surface area (Å²) in [5, 5.41) is 18.4. The molecule has 2 aromatic rings. The smallest absolute Gasteiger partial charge is 0.410 e. The molecule has 3 N–H and O–H groups in total. The van der Waals surface area contributed by atoms with Crippen LogP contribution in [0.5, 0.6) is 5.75 Å². The second-order valence-corrected chi connectivity index (χ2v) is 6.64. The number of amides is 3. The topological polar surface area (TPSA) is 157 Å². The summed E-state index contributed by atoms with van der Waals surface area (Å²) in [4.78, 5) is 57.0. The molecule has 31 heavy (non-hydrogen) atoms. The van der Waals surface area contributed by atoms with Gasteiger partial charge in [-0.2, -0.15) is 0 Å². The molecule has 1 saturated heterocycles. The van der Waals surface area contributed by atoms with Crippen LogP contribution in [0, 0.1) is 10.1 Å². The van der Waals surface area contributed by atoms with E-state index in [1.165, 1.54) is 24.3 Å². The zero-order chi connectivity index (χ0) is 22.4. The van der Waals surface area contributed by atoms with Crippen molar-refractivity contribution in [3.05, 3.63) is 63.7 Å². The second kappa shape index (κ2) is 9.59. The summed E-state index contributed by atoms with van der Waals surface area (Å²) in [6.07, 6.45) is 0.276. The lowest BCUT2D eigenvalue weighted by Gasteiger charge is -2.23. The Labute approximate surface area is 175 Å². The molecule has 1 heterocycles. The number of imide groups is 1. The largest absolute Gasteiger partial charge is 0.417 e. The number of carbonyl (C=O) groups is 4. The molecule has 3 amide bonds. The van der Waals surface area contributed by atoms with E-state index in [2.05, 4.69) is 16.0 Å². The number of nitrogens with one attached hydrogen (secondary N) is 3. The van der Waals surface area contributed by atoms with Crippen molar-refractivity contribution in [1.82, 2.24) is 10.6 Å². The van der Waals surface area contributed by atoms with E-state index in [9.17, 15) is 29.3 Å². The Morgan fingerprint density at radius 2 is 1.97 bits per heavy atom. The minimum absolute atomic E-state index is 0.0777. The molecule has 1 atom stereocenters. The fraction of sp³-hybridized carbons (Fsp3) is 0.200. The maximum Gasteiger partial charge on any atom is 0.417 e. The molecule has 1 unspecified atom stereocenters. The Morgan fingerprint density at radius 1 is 1.23 bits per heavy atom. The average Bonchev–Trinajstić information content (AvgIpc) is 2.74. The molecule has 11 nitrogen and oxygen atoms in total. The van der Waals surface area contributed by atoms with Crippen LogP contribution in [0.1, 0.15) is 28.8 Å². The predicted octanol–water partition coefficient (Wildman–Crippen LogP) is 1.91. The molecule has 1 aliphatic heterocycles. The highest BCUT2D eigenvalue weighted by atomic mass is 16.6. The van der Waals surface area contributed by atoms with Crippen molar-refractivity contribution in [2.45, 2.75) is 25.4 Å². The Kier molecular flexibility index (Phi) is 6.67. The van der Waals surface area contributed by atoms with Gasteiger partial charge in [0.05, 0.1) is 11.0 Å². The van der Waals surface area contributed by atoms with Crippen molar-refractivity contribution in [3.63, 3.8) is 0 Å². The number of non-ortho nitro benzene ring substituents is 1. The quantitative estimate of drug-likeness (QED) is 0.262. The van der Waals surface area contributed by atoms with Crippen LogP contribution in [0.4, 0.5) is 16.2 Å². The van der Waals surface area contributed by atoms with Gasteiger partial charge in [-0.05, 0) is 24.6 Å². The highest BCUT2D eigenvalue weighted by Gasteiger charge is 2.26. The first-order valence-electron chi connectivity index (χ1n) is 9.25. The Balaban J connectivity index is 1.69. The van der Waals surface area contributed by atoms with Crippen molar-refractivity contribution < 1.29 is 28.8 Å². The van der Waals surface area contributed by atoms with Crippen LogP contribution >= 0.6 is 0 Å². The SMILES string of the molecule is O=Cc1cccc(NC(=O)Oc2ccc([N+](=O)[O-])cc2)c1CNC1CCC(=O)NC1=O. The third-order valence-corrected chi connectivity index (χ3v) is 4.60. The number of nitrogens with zero attached hydrogens (tertiary/aromatic N) is 1. The number of hydrogen-bond acceptors (Lipinski definition) is 8. The monoisotopic (exact) mass is 426 g/mol. The molecule has 0 radical (unpaired) electrons. The summed E-state index contributed by atoms with van der Waals surface area (Å²) in [7, 11) is 0. The normalized spacial score (nSPS) is 15.7. The van der Waals surface area contributed by atoms with Crippen molar-refractivity contribution in [3.8, 4) is 5.75 Å². The summed E-state index contributed by atoms with van der Waals surface area (Å²) in [6.45, 7) is 0.0777. The van der Waals surface area contributed by atoms with Gasteiger partial charge in [0.15, 0.2) is 0 Å². The summed E-state index contributed by atoms with van der Waals surface area (Å²) in [5.41, 5.74) is 0.875. The van der Waals surface area contributed by atoms with Crippen molar-refractivity contribution in [2.75, 3.05) is 5.32 Å². The molecule has 11 heteroatoms.